The lowest BCUT2D eigenvalue weighted by molar-refractivity contribution is -0.127. The maximum atomic E-state index is 12.5. The molecule has 1 heterocycles. The lowest BCUT2D eigenvalue weighted by Crippen LogP contribution is -2.37. The number of carbonyl (C=O) groups is 2. The summed E-state index contributed by atoms with van der Waals surface area (Å²) in [4.78, 5) is 23.6. The van der Waals surface area contributed by atoms with Crippen molar-refractivity contribution in [3.05, 3.63) is 17.5 Å². The molecule has 0 aliphatic heterocycles. The van der Waals surface area contributed by atoms with Crippen LogP contribution < -0.4 is 11.1 Å². The summed E-state index contributed by atoms with van der Waals surface area (Å²) in [5.74, 6) is 0.648. The summed E-state index contributed by atoms with van der Waals surface area (Å²) in [7, 11) is 0. The predicted octanol–water partition coefficient (Wildman–Crippen LogP) is 1.69. The lowest BCUT2D eigenvalue weighted by Gasteiger charge is -2.28. The number of aromatic nitrogens is 2. The van der Waals surface area contributed by atoms with Gasteiger partial charge in [0.05, 0.1) is 11.7 Å². The fraction of sp³-hybridized carbons (Fsp3) is 0.706. The largest absolute Gasteiger partial charge is 0.368 e. The van der Waals surface area contributed by atoms with E-state index in [0.29, 0.717) is 0 Å². The van der Waals surface area contributed by atoms with E-state index in [1.54, 1.807) is 4.68 Å². The summed E-state index contributed by atoms with van der Waals surface area (Å²) in [5, 5.41) is 7.68. The Kier molecular flexibility index (Phi) is 4.68. The van der Waals surface area contributed by atoms with Crippen LogP contribution in [0.4, 0.5) is 0 Å². The molecule has 1 fully saturated rings. The van der Waals surface area contributed by atoms with Crippen molar-refractivity contribution >= 4 is 11.8 Å². The highest BCUT2D eigenvalue weighted by molar-refractivity contribution is 5.79. The second-order valence-electron chi connectivity index (χ2n) is 7.11. The molecule has 3 N–H and O–H groups in total. The molecule has 3 rings (SSSR count). The normalized spacial score (nSPS) is 27.3. The van der Waals surface area contributed by atoms with Gasteiger partial charge in [-0.3, -0.25) is 14.3 Å². The van der Waals surface area contributed by atoms with Crippen molar-refractivity contribution in [2.45, 2.75) is 64.5 Å². The minimum absolute atomic E-state index is 0.0280. The molecular weight excluding hydrogens is 292 g/mol. The van der Waals surface area contributed by atoms with Crippen LogP contribution in [0.5, 0.6) is 0 Å². The van der Waals surface area contributed by atoms with Crippen LogP contribution in [0.25, 0.3) is 0 Å². The van der Waals surface area contributed by atoms with Crippen LogP contribution in [-0.2, 0) is 22.6 Å². The number of carbonyl (C=O) groups excluding carboxylic acids is 2. The van der Waals surface area contributed by atoms with Crippen molar-refractivity contribution in [2.24, 2.45) is 17.6 Å². The zero-order valence-electron chi connectivity index (χ0n) is 13.8. The first-order chi connectivity index (χ1) is 11.0. The molecule has 0 spiro atoms. The van der Waals surface area contributed by atoms with Gasteiger partial charge in [-0.1, -0.05) is 6.92 Å². The van der Waals surface area contributed by atoms with Gasteiger partial charge in [0.25, 0.3) is 0 Å². The molecule has 0 radical (unpaired) electrons. The second kappa shape index (κ2) is 6.72. The van der Waals surface area contributed by atoms with Gasteiger partial charge in [0.15, 0.2) is 0 Å². The topological polar surface area (TPSA) is 90.0 Å². The van der Waals surface area contributed by atoms with Gasteiger partial charge in [0.2, 0.25) is 11.8 Å². The predicted molar refractivity (Wildman–Crippen MR) is 86.4 cm³/mol. The van der Waals surface area contributed by atoms with E-state index in [1.807, 2.05) is 6.20 Å². The van der Waals surface area contributed by atoms with Crippen LogP contribution in [0.3, 0.4) is 0 Å². The Hall–Kier alpha value is -1.85. The number of aryl methyl sites for hydroxylation is 1. The quantitative estimate of drug-likeness (QED) is 0.885. The fourth-order valence-corrected chi connectivity index (χ4v) is 3.79. The average Bonchev–Trinajstić information content (AvgIpc) is 2.90. The summed E-state index contributed by atoms with van der Waals surface area (Å²) >= 11 is 0. The van der Waals surface area contributed by atoms with Crippen molar-refractivity contribution in [2.75, 3.05) is 0 Å². The van der Waals surface area contributed by atoms with Crippen LogP contribution >= 0.6 is 0 Å². The maximum absolute atomic E-state index is 12.5. The Labute approximate surface area is 136 Å². The standard InChI is InChI=1S/C17H26N4O2/c1-11-5-7-12(8-6-11)17(23)19-14-4-2-3-13-9-21(10-15(18)22)20-16(13)14/h9,11-12,14H,2-8,10H2,1H3,(H2,18,22)(H,19,23). The Balaban J connectivity index is 1.66. The first-order valence-corrected chi connectivity index (χ1v) is 8.68. The molecule has 23 heavy (non-hydrogen) atoms. The molecule has 1 atom stereocenters. The Morgan fingerprint density at radius 1 is 1.30 bits per heavy atom. The Bertz CT molecular complexity index is 587. The molecule has 0 saturated heterocycles. The number of hydrogen-bond donors (Lipinski definition) is 2. The third-order valence-corrected chi connectivity index (χ3v) is 5.16. The fourth-order valence-electron chi connectivity index (χ4n) is 3.79. The van der Waals surface area contributed by atoms with E-state index in [1.165, 1.54) is 0 Å². The molecule has 2 aliphatic rings. The van der Waals surface area contributed by atoms with Gasteiger partial charge in [-0.2, -0.15) is 5.10 Å². The SMILES string of the molecule is CC1CCC(C(=O)NC2CCCc3cn(CC(N)=O)nc32)CC1. The molecule has 1 aromatic rings. The lowest BCUT2D eigenvalue weighted by atomic mass is 9.82. The van der Waals surface area contributed by atoms with Crippen molar-refractivity contribution in [1.29, 1.82) is 0 Å². The van der Waals surface area contributed by atoms with Gasteiger partial charge in [-0.25, -0.2) is 0 Å². The molecule has 2 amide bonds. The number of rotatable bonds is 4. The van der Waals surface area contributed by atoms with Gasteiger partial charge in [0.1, 0.15) is 6.54 Å². The van der Waals surface area contributed by atoms with Gasteiger partial charge >= 0.3 is 0 Å². The molecule has 0 bridgehead atoms. The number of nitrogens with zero attached hydrogens (tertiary/aromatic N) is 2. The van der Waals surface area contributed by atoms with E-state index in [9.17, 15) is 9.59 Å². The van der Waals surface area contributed by atoms with Gasteiger partial charge in [-0.05, 0) is 56.4 Å². The molecule has 6 nitrogen and oxygen atoms in total. The molecule has 1 saturated carbocycles. The molecule has 2 aliphatic carbocycles. The summed E-state index contributed by atoms with van der Waals surface area (Å²) in [6, 6.07) is -0.0280. The minimum Gasteiger partial charge on any atom is -0.368 e. The molecule has 126 valence electrons. The molecule has 0 aromatic carbocycles. The van der Waals surface area contributed by atoms with Gasteiger partial charge in [0, 0.05) is 12.1 Å². The number of hydrogen-bond acceptors (Lipinski definition) is 3. The number of amides is 2. The van der Waals surface area contributed by atoms with E-state index >= 15 is 0 Å². The van der Waals surface area contributed by atoms with Crippen molar-refractivity contribution in [3.63, 3.8) is 0 Å². The third kappa shape index (κ3) is 3.74. The van der Waals surface area contributed by atoms with Crippen molar-refractivity contribution in [3.8, 4) is 0 Å². The third-order valence-electron chi connectivity index (χ3n) is 5.16. The Morgan fingerprint density at radius 2 is 2.04 bits per heavy atom. The van der Waals surface area contributed by atoms with Crippen LogP contribution in [0.15, 0.2) is 6.20 Å². The average molecular weight is 318 g/mol. The van der Waals surface area contributed by atoms with Crippen LogP contribution in [0.1, 0.15) is 62.7 Å². The summed E-state index contributed by atoms with van der Waals surface area (Å²) < 4.78 is 1.60. The van der Waals surface area contributed by atoms with Crippen LogP contribution in [-0.4, -0.2) is 21.6 Å². The summed E-state index contributed by atoms with van der Waals surface area (Å²) in [6.07, 6.45) is 9.04. The number of primary amides is 1. The number of nitrogens with two attached hydrogens (primary N) is 1. The van der Waals surface area contributed by atoms with E-state index in [0.717, 1.165) is 62.1 Å². The van der Waals surface area contributed by atoms with E-state index in [2.05, 4.69) is 17.3 Å². The van der Waals surface area contributed by atoms with Gasteiger partial charge in [-0.15, -0.1) is 0 Å². The zero-order chi connectivity index (χ0) is 16.4. The van der Waals surface area contributed by atoms with E-state index in [-0.39, 0.29) is 24.4 Å². The highest BCUT2D eigenvalue weighted by Crippen LogP contribution is 2.31. The smallest absolute Gasteiger partial charge is 0.239 e. The molecule has 1 unspecified atom stereocenters. The van der Waals surface area contributed by atoms with Crippen LogP contribution in [0.2, 0.25) is 0 Å². The van der Waals surface area contributed by atoms with E-state index in [4.69, 9.17) is 5.73 Å². The molecule has 6 heteroatoms. The van der Waals surface area contributed by atoms with Crippen LogP contribution in [0, 0.1) is 11.8 Å². The second-order valence-corrected chi connectivity index (χ2v) is 7.11. The monoisotopic (exact) mass is 318 g/mol. The Morgan fingerprint density at radius 3 is 2.74 bits per heavy atom. The first kappa shape index (κ1) is 16.0. The highest BCUT2D eigenvalue weighted by atomic mass is 16.2. The highest BCUT2D eigenvalue weighted by Gasteiger charge is 2.29. The first-order valence-electron chi connectivity index (χ1n) is 8.68. The zero-order valence-corrected chi connectivity index (χ0v) is 13.8. The molecular formula is C17H26N4O2. The minimum atomic E-state index is -0.401. The number of nitrogens with one attached hydrogen (secondary N) is 1. The number of fused-ring (bicyclic) bond motifs is 1. The molecule has 1 aromatic heterocycles. The maximum Gasteiger partial charge on any atom is 0.239 e. The van der Waals surface area contributed by atoms with E-state index < -0.39 is 5.91 Å². The van der Waals surface area contributed by atoms with Gasteiger partial charge < -0.3 is 11.1 Å². The van der Waals surface area contributed by atoms with Crippen molar-refractivity contribution in [1.82, 2.24) is 15.1 Å². The summed E-state index contributed by atoms with van der Waals surface area (Å²) in [6.45, 7) is 2.35. The van der Waals surface area contributed by atoms with Crippen molar-refractivity contribution < 1.29 is 9.59 Å². The summed E-state index contributed by atoms with van der Waals surface area (Å²) in [5.41, 5.74) is 7.27.